The molecule has 3 aromatic carbocycles. The highest BCUT2D eigenvalue weighted by Gasteiger charge is 2.24. The van der Waals surface area contributed by atoms with Crippen molar-refractivity contribution in [3.8, 4) is 5.75 Å². The highest BCUT2D eigenvalue weighted by Crippen LogP contribution is 2.33. The van der Waals surface area contributed by atoms with Gasteiger partial charge in [0, 0.05) is 16.0 Å². The first kappa shape index (κ1) is 20.0. The molecular formula is C23H15Cl2NO4. The Balaban J connectivity index is 1.76. The Labute approximate surface area is 182 Å². The molecule has 1 N–H and O–H groups in total. The molecule has 4 rings (SSSR count). The highest BCUT2D eigenvalue weighted by atomic mass is 35.5. The van der Waals surface area contributed by atoms with Gasteiger partial charge in [-0.05, 0) is 54.6 Å². The molecule has 1 amide bonds. The van der Waals surface area contributed by atoms with Gasteiger partial charge in [-0.1, -0.05) is 35.3 Å². The van der Waals surface area contributed by atoms with Crippen LogP contribution in [0.25, 0.3) is 11.0 Å². The Bertz CT molecular complexity index is 1260. The number of fused-ring (bicyclic) bond motifs is 1. The van der Waals surface area contributed by atoms with Crippen LogP contribution in [0.1, 0.15) is 26.5 Å². The SMILES string of the molecule is COc1ccc(C(=O)c2oc3ccccc3c2NC(=O)c2ccc(Cl)cc2Cl)cc1. The maximum atomic E-state index is 13.1. The third kappa shape index (κ3) is 3.77. The van der Waals surface area contributed by atoms with E-state index in [0.717, 1.165) is 0 Å². The highest BCUT2D eigenvalue weighted by molar-refractivity contribution is 6.37. The van der Waals surface area contributed by atoms with E-state index >= 15 is 0 Å². The van der Waals surface area contributed by atoms with Gasteiger partial charge in [-0.25, -0.2) is 0 Å². The lowest BCUT2D eigenvalue weighted by atomic mass is 10.1. The van der Waals surface area contributed by atoms with Gasteiger partial charge in [0.2, 0.25) is 5.78 Å². The van der Waals surface area contributed by atoms with E-state index in [1.807, 2.05) is 0 Å². The molecule has 7 heteroatoms. The summed E-state index contributed by atoms with van der Waals surface area (Å²) in [6, 6.07) is 18.3. The van der Waals surface area contributed by atoms with Gasteiger partial charge in [-0.3, -0.25) is 9.59 Å². The maximum absolute atomic E-state index is 13.1. The molecule has 5 nitrogen and oxygen atoms in total. The predicted octanol–water partition coefficient (Wildman–Crippen LogP) is 6.23. The minimum Gasteiger partial charge on any atom is -0.497 e. The molecule has 1 heterocycles. The van der Waals surface area contributed by atoms with Crippen LogP contribution in [0.3, 0.4) is 0 Å². The molecule has 0 atom stereocenters. The van der Waals surface area contributed by atoms with Crippen molar-refractivity contribution in [2.45, 2.75) is 0 Å². The summed E-state index contributed by atoms with van der Waals surface area (Å²) >= 11 is 12.1. The number of benzene rings is 3. The number of ether oxygens (including phenoxy) is 1. The number of carbonyl (C=O) groups excluding carboxylic acids is 2. The number of rotatable bonds is 5. The first-order chi connectivity index (χ1) is 14.5. The number of nitrogens with one attached hydrogen (secondary N) is 1. The molecule has 1 aromatic heterocycles. The van der Waals surface area contributed by atoms with Crippen LogP contribution in [0.15, 0.2) is 71.1 Å². The van der Waals surface area contributed by atoms with Gasteiger partial charge in [0.1, 0.15) is 11.3 Å². The number of amides is 1. The summed E-state index contributed by atoms with van der Waals surface area (Å²) in [6.45, 7) is 0. The minimum absolute atomic E-state index is 0.0276. The summed E-state index contributed by atoms with van der Waals surface area (Å²) in [5.74, 6) is -0.194. The fourth-order valence-corrected chi connectivity index (χ4v) is 3.55. The lowest BCUT2D eigenvalue weighted by Gasteiger charge is -2.08. The van der Waals surface area contributed by atoms with E-state index in [0.29, 0.717) is 27.3 Å². The quantitative estimate of drug-likeness (QED) is 0.374. The van der Waals surface area contributed by atoms with E-state index in [-0.39, 0.29) is 27.8 Å². The number of halogens is 2. The van der Waals surface area contributed by atoms with Crippen molar-refractivity contribution in [2.24, 2.45) is 0 Å². The van der Waals surface area contributed by atoms with Gasteiger partial charge < -0.3 is 14.5 Å². The fraction of sp³-hybridized carbons (Fsp3) is 0.0435. The molecule has 0 aliphatic carbocycles. The summed E-state index contributed by atoms with van der Waals surface area (Å²) < 4.78 is 10.9. The first-order valence-electron chi connectivity index (χ1n) is 8.94. The molecule has 0 bridgehead atoms. The van der Waals surface area contributed by atoms with Crippen LogP contribution in [-0.2, 0) is 0 Å². The first-order valence-corrected chi connectivity index (χ1v) is 9.70. The number of hydrogen-bond donors (Lipinski definition) is 1. The zero-order chi connectivity index (χ0) is 21.3. The van der Waals surface area contributed by atoms with Crippen LogP contribution in [0.4, 0.5) is 5.69 Å². The molecular weight excluding hydrogens is 425 g/mol. The largest absolute Gasteiger partial charge is 0.497 e. The van der Waals surface area contributed by atoms with Crippen molar-refractivity contribution in [3.63, 3.8) is 0 Å². The molecule has 30 heavy (non-hydrogen) atoms. The Morgan fingerprint density at radius 2 is 1.70 bits per heavy atom. The molecule has 0 unspecified atom stereocenters. The monoisotopic (exact) mass is 439 g/mol. The minimum atomic E-state index is -0.480. The second-order valence-electron chi connectivity index (χ2n) is 6.44. The van der Waals surface area contributed by atoms with E-state index in [1.165, 1.54) is 12.1 Å². The number of anilines is 1. The number of methoxy groups -OCH3 is 1. The molecule has 0 radical (unpaired) electrons. The summed E-state index contributed by atoms with van der Waals surface area (Å²) in [6.07, 6.45) is 0. The van der Waals surface area contributed by atoms with Gasteiger partial charge >= 0.3 is 0 Å². The van der Waals surface area contributed by atoms with Crippen molar-refractivity contribution in [1.29, 1.82) is 0 Å². The Hall–Kier alpha value is -3.28. The molecule has 150 valence electrons. The molecule has 0 aliphatic heterocycles. The van der Waals surface area contributed by atoms with Crippen molar-refractivity contribution in [1.82, 2.24) is 0 Å². The van der Waals surface area contributed by atoms with Gasteiger partial charge in [0.15, 0.2) is 5.76 Å². The normalized spacial score (nSPS) is 10.8. The van der Waals surface area contributed by atoms with Crippen molar-refractivity contribution in [2.75, 3.05) is 12.4 Å². The topological polar surface area (TPSA) is 68.5 Å². The Morgan fingerprint density at radius 3 is 2.40 bits per heavy atom. The lowest BCUT2D eigenvalue weighted by Crippen LogP contribution is -2.14. The standard InChI is InChI=1S/C23H15Cl2NO4/c1-29-15-9-6-13(7-10-15)21(27)22-20(17-4-2-3-5-19(17)30-22)26-23(28)16-11-8-14(24)12-18(16)25/h2-12H,1H3,(H,26,28). The zero-order valence-corrected chi connectivity index (χ0v) is 17.3. The summed E-state index contributed by atoms with van der Waals surface area (Å²) in [4.78, 5) is 26.0. The summed E-state index contributed by atoms with van der Waals surface area (Å²) in [7, 11) is 1.55. The molecule has 0 spiro atoms. The number of para-hydroxylation sites is 1. The number of hydrogen-bond acceptors (Lipinski definition) is 4. The van der Waals surface area contributed by atoms with Gasteiger partial charge in [-0.15, -0.1) is 0 Å². The smallest absolute Gasteiger partial charge is 0.257 e. The average Bonchev–Trinajstić information content (AvgIpc) is 3.11. The number of furan rings is 1. The van der Waals surface area contributed by atoms with Crippen LogP contribution >= 0.6 is 23.2 Å². The van der Waals surface area contributed by atoms with Gasteiger partial charge in [-0.2, -0.15) is 0 Å². The Kier molecular flexibility index (Phi) is 5.48. The summed E-state index contributed by atoms with van der Waals surface area (Å²) in [5, 5.41) is 4.00. The van der Waals surface area contributed by atoms with Crippen molar-refractivity contribution < 1.29 is 18.7 Å². The lowest BCUT2D eigenvalue weighted by molar-refractivity contribution is 0.101. The average molecular weight is 440 g/mol. The van der Waals surface area contributed by atoms with Crippen LogP contribution in [-0.4, -0.2) is 18.8 Å². The van der Waals surface area contributed by atoms with E-state index < -0.39 is 5.91 Å². The van der Waals surface area contributed by atoms with E-state index in [4.69, 9.17) is 32.4 Å². The van der Waals surface area contributed by atoms with Crippen LogP contribution < -0.4 is 10.1 Å². The third-order valence-corrected chi connectivity index (χ3v) is 5.12. The van der Waals surface area contributed by atoms with E-state index in [9.17, 15) is 9.59 Å². The van der Waals surface area contributed by atoms with Crippen LogP contribution in [0.5, 0.6) is 5.75 Å². The third-order valence-electron chi connectivity index (χ3n) is 4.57. The van der Waals surface area contributed by atoms with E-state index in [1.54, 1.807) is 61.7 Å². The van der Waals surface area contributed by atoms with Crippen LogP contribution in [0, 0.1) is 0 Å². The summed E-state index contributed by atoms with van der Waals surface area (Å²) in [5.41, 5.74) is 1.39. The van der Waals surface area contributed by atoms with Gasteiger partial charge in [0.05, 0.1) is 23.4 Å². The zero-order valence-electron chi connectivity index (χ0n) is 15.7. The fourth-order valence-electron chi connectivity index (χ4n) is 3.06. The molecule has 0 aliphatic rings. The van der Waals surface area contributed by atoms with Crippen molar-refractivity contribution in [3.05, 3.63) is 93.7 Å². The Morgan fingerprint density at radius 1 is 0.967 bits per heavy atom. The van der Waals surface area contributed by atoms with Crippen LogP contribution in [0.2, 0.25) is 10.0 Å². The maximum Gasteiger partial charge on any atom is 0.257 e. The molecule has 0 fully saturated rings. The van der Waals surface area contributed by atoms with Crippen molar-refractivity contribution >= 4 is 51.5 Å². The second kappa shape index (κ2) is 8.22. The van der Waals surface area contributed by atoms with Gasteiger partial charge in [0.25, 0.3) is 5.91 Å². The number of ketones is 1. The molecule has 0 saturated carbocycles. The molecule has 0 saturated heterocycles. The predicted molar refractivity (Wildman–Crippen MR) is 117 cm³/mol. The molecule has 4 aromatic rings. The second-order valence-corrected chi connectivity index (χ2v) is 7.28. The van der Waals surface area contributed by atoms with E-state index in [2.05, 4.69) is 5.32 Å². The number of carbonyl (C=O) groups is 2.